The zero-order chi connectivity index (χ0) is 13.2. The van der Waals surface area contributed by atoms with E-state index in [1.165, 1.54) is 4.88 Å². The summed E-state index contributed by atoms with van der Waals surface area (Å²) in [6.07, 6.45) is 2.27. The van der Waals surface area contributed by atoms with Crippen molar-refractivity contribution in [1.82, 2.24) is 5.32 Å². The summed E-state index contributed by atoms with van der Waals surface area (Å²) in [5, 5.41) is 4.81. The van der Waals surface area contributed by atoms with Crippen molar-refractivity contribution in [2.24, 2.45) is 0 Å². The predicted molar refractivity (Wildman–Crippen MR) is 71.5 cm³/mol. The maximum atomic E-state index is 11.5. The SMILES string of the molecule is CCOC(=O)CCCNC(=O)CCc1cccs1. The zero-order valence-electron chi connectivity index (χ0n) is 10.6. The molecule has 0 aliphatic heterocycles. The lowest BCUT2D eigenvalue weighted by molar-refractivity contribution is -0.143. The molecule has 0 aliphatic carbocycles. The number of carbonyl (C=O) groups is 2. The molecule has 1 N–H and O–H groups in total. The number of ether oxygens (including phenoxy) is 1. The summed E-state index contributed by atoms with van der Waals surface area (Å²) in [5.74, 6) is -0.169. The number of aryl methyl sites for hydroxylation is 1. The summed E-state index contributed by atoms with van der Waals surface area (Å²) in [4.78, 5) is 23.7. The highest BCUT2D eigenvalue weighted by atomic mass is 32.1. The second kappa shape index (κ2) is 8.69. The zero-order valence-corrected chi connectivity index (χ0v) is 11.4. The molecule has 1 aromatic heterocycles. The van der Waals surface area contributed by atoms with Crippen LogP contribution in [0.25, 0.3) is 0 Å². The molecule has 1 rings (SSSR count). The van der Waals surface area contributed by atoms with E-state index in [9.17, 15) is 9.59 Å². The molecule has 100 valence electrons. The Balaban J connectivity index is 2.01. The molecule has 0 radical (unpaired) electrons. The number of nitrogens with one attached hydrogen (secondary N) is 1. The Hall–Kier alpha value is -1.36. The molecule has 0 unspecified atom stereocenters. The molecule has 0 aromatic carbocycles. The number of rotatable bonds is 8. The van der Waals surface area contributed by atoms with Gasteiger partial charge in [-0.3, -0.25) is 9.59 Å². The fourth-order valence-electron chi connectivity index (χ4n) is 1.47. The first-order valence-corrected chi connectivity index (χ1v) is 7.05. The molecule has 1 amide bonds. The van der Waals surface area contributed by atoms with Crippen LogP contribution in [-0.2, 0) is 20.7 Å². The number of esters is 1. The summed E-state index contributed by atoms with van der Waals surface area (Å²) >= 11 is 1.66. The smallest absolute Gasteiger partial charge is 0.305 e. The molecule has 4 nitrogen and oxygen atoms in total. The van der Waals surface area contributed by atoms with Gasteiger partial charge in [0.05, 0.1) is 6.61 Å². The highest BCUT2D eigenvalue weighted by Gasteiger charge is 2.04. The van der Waals surface area contributed by atoms with E-state index < -0.39 is 0 Å². The van der Waals surface area contributed by atoms with Gasteiger partial charge in [-0.1, -0.05) is 6.07 Å². The van der Waals surface area contributed by atoms with Crippen LogP contribution in [0.1, 0.15) is 31.1 Å². The minimum absolute atomic E-state index is 0.0345. The quantitative estimate of drug-likeness (QED) is 0.581. The van der Waals surface area contributed by atoms with Gasteiger partial charge in [0.15, 0.2) is 0 Å². The number of thiophene rings is 1. The Morgan fingerprint density at radius 3 is 2.89 bits per heavy atom. The lowest BCUT2D eigenvalue weighted by Crippen LogP contribution is -2.25. The molecule has 0 aliphatic rings. The molecule has 0 saturated heterocycles. The summed E-state index contributed by atoms with van der Waals surface area (Å²) in [5.41, 5.74) is 0. The van der Waals surface area contributed by atoms with Crippen LogP contribution in [0.15, 0.2) is 17.5 Å². The summed E-state index contributed by atoms with van der Waals surface area (Å²) < 4.78 is 4.80. The molecule has 0 bridgehead atoms. The monoisotopic (exact) mass is 269 g/mol. The van der Waals surface area contributed by atoms with Gasteiger partial charge in [-0.25, -0.2) is 0 Å². The van der Waals surface area contributed by atoms with Crippen LogP contribution < -0.4 is 5.32 Å². The van der Waals surface area contributed by atoms with Crippen molar-refractivity contribution in [3.63, 3.8) is 0 Å². The molecule has 0 fully saturated rings. The minimum Gasteiger partial charge on any atom is -0.466 e. The Labute approximate surface area is 111 Å². The Morgan fingerprint density at radius 1 is 1.39 bits per heavy atom. The first-order valence-electron chi connectivity index (χ1n) is 6.17. The Bertz CT molecular complexity index is 362. The lowest BCUT2D eigenvalue weighted by atomic mass is 10.2. The highest BCUT2D eigenvalue weighted by molar-refractivity contribution is 7.09. The number of carbonyl (C=O) groups excluding carboxylic acids is 2. The second-order valence-electron chi connectivity index (χ2n) is 3.84. The van der Waals surface area contributed by atoms with Gasteiger partial charge >= 0.3 is 5.97 Å². The van der Waals surface area contributed by atoms with E-state index >= 15 is 0 Å². The second-order valence-corrected chi connectivity index (χ2v) is 4.87. The van der Waals surface area contributed by atoms with Crippen molar-refractivity contribution in [3.05, 3.63) is 22.4 Å². The molecular weight excluding hydrogens is 250 g/mol. The van der Waals surface area contributed by atoms with Gasteiger partial charge in [-0.2, -0.15) is 0 Å². The first kappa shape index (κ1) is 14.7. The predicted octanol–water partition coefficient (Wildman–Crippen LogP) is 2.14. The van der Waals surface area contributed by atoms with Crippen molar-refractivity contribution < 1.29 is 14.3 Å². The fourth-order valence-corrected chi connectivity index (χ4v) is 2.18. The summed E-state index contributed by atoms with van der Waals surface area (Å²) in [7, 11) is 0. The number of amides is 1. The van der Waals surface area contributed by atoms with Gasteiger partial charge in [-0.05, 0) is 31.2 Å². The molecule has 1 heterocycles. The molecule has 5 heteroatoms. The lowest BCUT2D eigenvalue weighted by Gasteiger charge is -2.04. The maximum absolute atomic E-state index is 11.5. The van der Waals surface area contributed by atoms with Crippen LogP contribution >= 0.6 is 11.3 Å². The highest BCUT2D eigenvalue weighted by Crippen LogP contribution is 2.10. The van der Waals surface area contributed by atoms with Gasteiger partial charge in [0.25, 0.3) is 0 Å². The van der Waals surface area contributed by atoms with Gasteiger partial charge in [-0.15, -0.1) is 11.3 Å². The third-order valence-corrected chi connectivity index (χ3v) is 3.30. The van der Waals surface area contributed by atoms with Crippen LogP contribution in [0, 0.1) is 0 Å². The van der Waals surface area contributed by atoms with Crippen molar-refractivity contribution in [1.29, 1.82) is 0 Å². The number of hydrogen-bond acceptors (Lipinski definition) is 4. The van der Waals surface area contributed by atoms with Crippen LogP contribution in [0.2, 0.25) is 0 Å². The third-order valence-electron chi connectivity index (χ3n) is 2.36. The van der Waals surface area contributed by atoms with Crippen LogP contribution in [0.5, 0.6) is 0 Å². The van der Waals surface area contributed by atoms with Gasteiger partial charge in [0.1, 0.15) is 0 Å². The summed E-state index contributed by atoms with van der Waals surface area (Å²) in [6, 6.07) is 4.01. The average molecular weight is 269 g/mol. The van der Waals surface area contributed by atoms with Gasteiger partial charge in [0, 0.05) is 24.3 Å². The summed E-state index contributed by atoms with van der Waals surface area (Å²) in [6.45, 7) is 2.72. The normalized spacial score (nSPS) is 10.1. The Morgan fingerprint density at radius 2 is 2.22 bits per heavy atom. The largest absolute Gasteiger partial charge is 0.466 e. The fraction of sp³-hybridized carbons (Fsp3) is 0.538. The van der Waals surface area contributed by atoms with Crippen molar-refractivity contribution in [2.45, 2.75) is 32.6 Å². The van der Waals surface area contributed by atoms with E-state index in [0.29, 0.717) is 32.4 Å². The van der Waals surface area contributed by atoms with E-state index in [2.05, 4.69) is 5.32 Å². The van der Waals surface area contributed by atoms with Crippen molar-refractivity contribution in [2.75, 3.05) is 13.2 Å². The minimum atomic E-state index is -0.203. The molecule has 0 atom stereocenters. The van der Waals surface area contributed by atoms with Crippen molar-refractivity contribution in [3.8, 4) is 0 Å². The van der Waals surface area contributed by atoms with Crippen LogP contribution in [0.4, 0.5) is 0 Å². The van der Waals surface area contributed by atoms with Crippen LogP contribution in [0.3, 0.4) is 0 Å². The van der Waals surface area contributed by atoms with E-state index in [-0.39, 0.29) is 11.9 Å². The van der Waals surface area contributed by atoms with E-state index in [0.717, 1.165) is 6.42 Å². The van der Waals surface area contributed by atoms with Crippen LogP contribution in [-0.4, -0.2) is 25.0 Å². The molecular formula is C13H19NO3S. The van der Waals surface area contributed by atoms with E-state index in [4.69, 9.17) is 4.74 Å². The molecule has 1 aromatic rings. The van der Waals surface area contributed by atoms with Crippen molar-refractivity contribution >= 4 is 23.2 Å². The topological polar surface area (TPSA) is 55.4 Å². The van der Waals surface area contributed by atoms with E-state index in [1.807, 2.05) is 17.5 Å². The van der Waals surface area contributed by atoms with E-state index in [1.54, 1.807) is 18.3 Å². The van der Waals surface area contributed by atoms with Gasteiger partial charge in [0.2, 0.25) is 5.91 Å². The number of hydrogen-bond donors (Lipinski definition) is 1. The van der Waals surface area contributed by atoms with Gasteiger partial charge < -0.3 is 10.1 Å². The maximum Gasteiger partial charge on any atom is 0.305 e. The Kier molecular flexibility index (Phi) is 7.10. The molecule has 18 heavy (non-hydrogen) atoms. The molecule has 0 saturated carbocycles. The first-order chi connectivity index (χ1) is 8.72. The molecule has 0 spiro atoms. The average Bonchev–Trinajstić information content (AvgIpc) is 2.85. The third kappa shape index (κ3) is 6.39. The standard InChI is InChI=1S/C13H19NO3S/c1-2-17-13(16)6-3-9-14-12(15)8-7-11-5-4-10-18-11/h4-5,10H,2-3,6-9H2,1H3,(H,14,15).